The molecule has 2 aromatic heterocycles. The number of carbonyl (C=O) groups is 1. The van der Waals surface area contributed by atoms with E-state index < -0.39 is 5.97 Å². The first-order valence-electron chi connectivity index (χ1n) is 7.16. The molecular formula is C17H12Cl2N2O3S. The fraction of sp³-hybridized carbons (Fsp3) is 0.118. The summed E-state index contributed by atoms with van der Waals surface area (Å²) in [6.45, 7) is -0.132. The first-order valence-corrected chi connectivity index (χ1v) is 9.14. The van der Waals surface area contributed by atoms with Crippen LogP contribution in [0.4, 0.5) is 0 Å². The van der Waals surface area contributed by atoms with E-state index in [0.29, 0.717) is 21.4 Å². The van der Waals surface area contributed by atoms with E-state index in [-0.39, 0.29) is 17.7 Å². The Kier molecular flexibility index (Phi) is 5.32. The minimum absolute atomic E-state index is 0.132. The molecule has 25 heavy (non-hydrogen) atoms. The number of rotatable bonds is 4. The molecule has 0 amide bonds. The van der Waals surface area contributed by atoms with Crippen LogP contribution in [0.3, 0.4) is 0 Å². The van der Waals surface area contributed by atoms with Crippen LogP contribution in [-0.4, -0.2) is 21.6 Å². The van der Waals surface area contributed by atoms with Crippen LogP contribution in [-0.2, 0) is 11.3 Å². The van der Waals surface area contributed by atoms with Gasteiger partial charge in [0.25, 0.3) is 5.56 Å². The molecule has 0 saturated heterocycles. The summed E-state index contributed by atoms with van der Waals surface area (Å²) in [7, 11) is 0. The lowest BCUT2D eigenvalue weighted by molar-refractivity contribution is 0.0467. The van der Waals surface area contributed by atoms with E-state index in [0.717, 1.165) is 4.90 Å². The summed E-state index contributed by atoms with van der Waals surface area (Å²) < 4.78 is 6.58. The summed E-state index contributed by atoms with van der Waals surface area (Å²) in [5, 5.41) is 0.739. The highest BCUT2D eigenvalue weighted by atomic mass is 35.5. The largest absolute Gasteiger partial charge is 0.456 e. The molecule has 8 heteroatoms. The van der Waals surface area contributed by atoms with Crippen molar-refractivity contribution in [1.29, 1.82) is 0 Å². The van der Waals surface area contributed by atoms with Gasteiger partial charge < -0.3 is 4.74 Å². The highest BCUT2D eigenvalue weighted by Crippen LogP contribution is 2.24. The van der Waals surface area contributed by atoms with E-state index in [4.69, 9.17) is 27.9 Å². The van der Waals surface area contributed by atoms with E-state index >= 15 is 0 Å². The average molecular weight is 395 g/mol. The van der Waals surface area contributed by atoms with Gasteiger partial charge >= 0.3 is 5.97 Å². The molecule has 0 aliphatic rings. The minimum Gasteiger partial charge on any atom is -0.456 e. The maximum Gasteiger partial charge on any atom is 0.340 e. The first kappa shape index (κ1) is 17.8. The predicted octanol–water partition coefficient (Wildman–Crippen LogP) is 4.08. The SMILES string of the molecule is CSc1ccc(Cl)c(C(=O)OCc2cc(=O)n3cc(Cl)ccc3n2)c1. The number of hydrogen-bond donors (Lipinski definition) is 0. The molecule has 128 valence electrons. The Bertz CT molecular complexity index is 1020. The van der Waals surface area contributed by atoms with E-state index in [1.807, 2.05) is 12.3 Å². The normalized spacial score (nSPS) is 10.8. The molecule has 0 aliphatic heterocycles. The van der Waals surface area contributed by atoms with Gasteiger partial charge in [0.15, 0.2) is 0 Å². The summed E-state index contributed by atoms with van der Waals surface area (Å²) in [6, 6.07) is 9.69. The van der Waals surface area contributed by atoms with Crippen molar-refractivity contribution in [3.05, 3.63) is 74.3 Å². The van der Waals surface area contributed by atoms with Crippen molar-refractivity contribution in [3.63, 3.8) is 0 Å². The number of benzene rings is 1. The maximum atomic E-state index is 12.3. The van der Waals surface area contributed by atoms with Crippen LogP contribution in [0.5, 0.6) is 0 Å². The second kappa shape index (κ2) is 7.47. The Morgan fingerprint density at radius 1 is 1.24 bits per heavy atom. The van der Waals surface area contributed by atoms with Gasteiger partial charge in [-0.3, -0.25) is 9.20 Å². The summed E-state index contributed by atoms with van der Waals surface area (Å²) >= 11 is 13.4. The van der Waals surface area contributed by atoms with Crippen molar-refractivity contribution in [2.24, 2.45) is 0 Å². The Morgan fingerprint density at radius 3 is 2.80 bits per heavy atom. The maximum absolute atomic E-state index is 12.3. The molecule has 5 nitrogen and oxygen atoms in total. The lowest BCUT2D eigenvalue weighted by atomic mass is 10.2. The van der Waals surface area contributed by atoms with Crippen LogP contribution in [0.15, 0.2) is 52.3 Å². The number of aromatic nitrogens is 2. The molecular weight excluding hydrogens is 383 g/mol. The zero-order chi connectivity index (χ0) is 18.0. The van der Waals surface area contributed by atoms with Crippen molar-refractivity contribution in [1.82, 2.24) is 9.38 Å². The molecule has 1 aromatic carbocycles. The van der Waals surface area contributed by atoms with Crippen LogP contribution in [0.25, 0.3) is 5.65 Å². The van der Waals surface area contributed by atoms with Gasteiger partial charge in [-0.15, -0.1) is 11.8 Å². The molecule has 0 radical (unpaired) electrons. The summed E-state index contributed by atoms with van der Waals surface area (Å²) in [5.74, 6) is -0.570. The average Bonchev–Trinajstić information content (AvgIpc) is 2.60. The van der Waals surface area contributed by atoms with Crippen molar-refractivity contribution in [3.8, 4) is 0 Å². The van der Waals surface area contributed by atoms with Gasteiger partial charge in [0, 0.05) is 17.2 Å². The molecule has 3 rings (SSSR count). The molecule has 0 fully saturated rings. The van der Waals surface area contributed by atoms with Gasteiger partial charge in [0.1, 0.15) is 12.3 Å². The fourth-order valence-electron chi connectivity index (χ4n) is 2.21. The Labute approximate surface area is 157 Å². The molecule has 0 bridgehead atoms. The van der Waals surface area contributed by atoms with Crippen molar-refractivity contribution in [2.45, 2.75) is 11.5 Å². The van der Waals surface area contributed by atoms with Gasteiger partial charge in [0.2, 0.25) is 0 Å². The third-order valence-electron chi connectivity index (χ3n) is 3.42. The number of pyridine rings is 1. The second-order valence-corrected chi connectivity index (χ2v) is 6.81. The van der Waals surface area contributed by atoms with Gasteiger partial charge in [-0.25, -0.2) is 9.78 Å². The minimum atomic E-state index is -0.570. The molecule has 2 heterocycles. The van der Waals surface area contributed by atoms with E-state index in [9.17, 15) is 9.59 Å². The zero-order valence-electron chi connectivity index (χ0n) is 13.0. The van der Waals surface area contributed by atoms with E-state index in [2.05, 4.69) is 4.98 Å². The van der Waals surface area contributed by atoms with Gasteiger partial charge in [-0.2, -0.15) is 0 Å². The predicted molar refractivity (Wildman–Crippen MR) is 98.8 cm³/mol. The number of ether oxygens (including phenoxy) is 1. The smallest absolute Gasteiger partial charge is 0.340 e. The van der Waals surface area contributed by atoms with Crippen molar-refractivity contribution >= 4 is 46.6 Å². The number of nitrogens with zero attached hydrogens (tertiary/aromatic N) is 2. The number of carbonyl (C=O) groups excluding carboxylic acids is 1. The van der Waals surface area contributed by atoms with Gasteiger partial charge in [-0.05, 0) is 36.6 Å². The third-order valence-corrected chi connectivity index (χ3v) is 4.70. The Hall–Kier alpha value is -2.02. The monoisotopic (exact) mass is 394 g/mol. The van der Waals surface area contributed by atoms with Crippen LogP contribution >= 0.6 is 35.0 Å². The highest BCUT2D eigenvalue weighted by molar-refractivity contribution is 7.98. The van der Waals surface area contributed by atoms with Crippen molar-refractivity contribution in [2.75, 3.05) is 6.26 Å². The van der Waals surface area contributed by atoms with E-state index in [1.54, 1.807) is 24.3 Å². The molecule has 0 unspecified atom stereocenters. The van der Waals surface area contributed by atoms with Gasteiger partial charge in [-0.1, -0.05) is 23.2 Å². The summed E-state index contributed by atoms with van der Waals surface area (Å²) in [6.07, 6.45) is 3.38. The topological polar surface area (TPSA) is 60.7 Å². The number of fused-ring (bicyclic) bond motifs is 1. The summed E-state index contributed by atoms with van der Waals surface area (Å²) in [4.78, 5) is 29.5. The Balaban J connectivity index is 1.82. The lowest BCUT2D eigenvalue weighted by Crippen LogP contribution is -2.16. The molecule has 3 aromatic rings. The Morgan fingerprint density at radius 2 is 2.04 bits per heavy atom. The zero-order valence-corrected chi connectivity index (χ0v) is 15.4. The quantitative estimate of drug-likeness (QED) is 0.492. The standard InChI is InChI=1S/C17H12Cl2N2O3S/c1-25-12-3-4-14(19)13(7-12)17(23)24-9-11-6-16(22)21-8-10(18)2-5-15(21)20-11/h2-8H,9H2,1H3. The number of hydrogen-bond acceptors (Lipinski definition) is 5. The van der Waals surface area contributed by atoms with Crippen LogP contribution in [0.2, 0.25) is 10.0 Å². The molecule has 0 aliphatic carbocycles. The van der Waals surface area contributed by atoms with Crippen LogP contribution < -0.4 is 5.56 Å². The van der Waals surface area contributed by atoms with Crippen LogP contribution in [0.1, 0.15) is 16.1 Å². The second-order valence-electron chi connectivity index (χ2n) is 5.08. The first-order chi connectivity index (χ1) is 12.0. The fourth-order valence-corrected chi connectivity index (χ4v) is 3.00. The highest BCUT2D eigenvalue weighted by Gasteiger charge is 2.14. The molecule has 0 N–H and O–H groups in total. The van der Waals surface area contributed by atoms with Gasteiger partial charge in [0.05, 0.1) is 21.3 Å². The van der Waals surface area contributed by atoms with Crippen molar-refractivity contribution < 1.29 is 9.53 Å². The third kappa shape index (κ3) is 3.98. The number of esters is 1. The number of thioether (sulfide) groups is 1. The molecule has 0 saturated carbocycles. The van der Waals surface area contributed by atoms with Crippen LogP contribution in [0, 0.1) is 0 Å². The lowest BCUT2D eigenvalue weighted by Gasteiger charge is -2.08. The number of halogens is 2. The molecule has 0 spiro atoms. The van der Waals surface area contributed by atoms with E-state index in [1.165, 1.54) is 28.4 Å². The summed E-state index contributed by atoms with van der Waals surface area (Å²) in [5.41, 5.74) is 0.738. The molecule has 0 atom stereocenters.